The largest absolute Gasteiger partial charge is 0.305 e. The molecular formula is C32H26IrN2S-2. The molecule has 36 heavy (non-hydrogen) atoms. The molecule has 3 aromatic heterocycles. The van der Waals surface area contributed by atoms with E-state index in [1.165, 1.54) is 25.7 Å². The predicted octanol–water partition coefficient (Wildman–Crippen LogP) is 8.76. The fourth-order valence-corrected chi connectivity index (χ4v) is 5.20. The van der Waals surface area contributed by atoms with E-state index in [0.717, 1.165) is 22.5 Å². The Kier molecular flexibility index (Phi) is 8.10. The van der Waals surface area contributed by atoms with Crippen molar-refractivity contribution in [3.63, 3.8) is 0 Å². The summed E-state index contributed by atoms with van der Waals surface area (Å²) in [7, 11) is 0. The van der Waals surface area contributed by atoms with Crippen LogP contribution in [0.4, 0.5) is 0 Å². The van der Waals surface area contributed by atoms with Crippen LogP contribution in [0.1, 0.15) is 26.3 Å². The van der Waals surface area contributed by atoms with Crippen LogP contribution in [0.5, 0.6) is 0 Å². The first-order chi connectivity index (χ1) is 17.0. The molecule has 0 atom stereocenters. The van der Waals surface area contributed by atoms with Crippen LogP contribution in [0.25, 0.3) is 42.7 Å². The molecule has 0 N–H and O–H groups in total. The molecule has 0 aliphatic rings. The van der Waals surface area contributed by atoms with E-state index in [0.29, 0.717) is 0 Å². The average Bonchev–Trinajstić information content (AvgIpc) is 3.29. The van der Waals surface area contributed by atoms with Gasteiger partial charge in [-0.15, -0.1) is 59.7 Å². The van der Waals surface area contributed by atoms with Crippen LogP contribution >= 0.6 is 11.3 Å². The zero-order chi connectivity index (χ0) is 24.3. The number of thiophene rings is 1. The first kappa shape index (κ1) is 25.9. The molecule has 0 aliphatic heterocycles. The predicted molar refractivity (Wildman–Crippen MR) is 149 cm³/mol. The van der Waals surface area contributed by atoms with Gasteiger partial charge in [0.2, 0.25) is 0 Å². The van der Waals surface area contributed by atoms with Crippen molar-refractivity contribution in [2.24, 2.45) is 0 Å². The third kappa shape index (κ3) is 5.63. The van der Waals surface area contributed by atoms with Gasteiger partial charge < -0.3 is 9.97 Å². The van der Waals surface area contributed by atoms with Gasteiger partial charge in [0.1, 0.15) is 0 Å². The third-order valence-electron chi connectivity index (χ3n) is 5.87. The van der Waals surface area contributed by atoms with Crippen LogP contribution in [0, 0.1) is 12.1 Å². The number of nitrogens with zero attached hydrogens (tertiary/aromatic N) is 2. The van der Waals surface area contributed by atoms with Crippen molar-refractivity contribution in [3.8, 4) is 22.5 Å². The normalized spacial score (nSPS) is 11.0. The second-order valence-corrected chi connectivity index (χ2v) is 10.4. The topological polar surface area (TPSA) is 25.8 Å². The number of rotatable bonds is 2. The minimum atomic E-state index is 0. The Morgan fingerprint density at radius 3 is 2.22 bits per heavy atom. The van der Waals surface area contributed by atoms with Crippen LogP contribution in [0.15, 0.2) is 103 Å². The Morgan fingerprint density at radius 2 is 1.47 bits per heavy atom. The fraction of sp³-hybridized carbons (Fsp3) is 0.125. The number of benzene rings is 3. The number of hydrogen-bond acceptors (Lipinski definition) is 3. The van der Waals surface area contributed by atoms with Crippen molar-refractivity contribution >= 4 is 31.5 Å². The molecule has 0 saturated carbocycles. The van der Waals surface area contributed by atoms with Gasteiger partial charge in [-0.25, -0.2) is 0 Å². The Morgan fingerprint density at radius 1 is 0.694 bits per heavy atom. The van der Waals surface area contributed by atoms with Gasteiger partial charge in [0.15, 0.2) is 0 Å². The number of pyridine rings is 2. The number of hydrogen-bond donors (Lipinski definition) is 0. The molecule has 0 saturated heterocycles. The minimum Gasteiger partial charge on any atom is -0.305 e. The Labute approximate surface area is 230 Å². The van der Waals surface area contributed by atoms with Crippen LogP contribution in [0.2, 0.25) is 0 Å². The average molecular weight is 663 g/mol. The summed E-state index contributed by atoms with van der Waals surface area (Å²) in [5, 5.41) is 2.61. The van der Waals surface area contributed by atoms with Crippen LogP contribution in [-0.4, -0.2) is 9.97 Å². The maximum Gasteiger partial charge on any atom is 0.0239 e. The third-order valence-corrected chi connectivity index (χ3v) is 7.07. The number of fused-ring (bicyclic) bond motifs is 3. The smallest absolute Gasteiger partial charge is 0.0239 e. The SMILES string of the molecule is CC(C)(C)c1ccnc(-c2[c-]ccc3c2sc2ccccc23)c1.[Ir].[c-]1ccccc1-c1ccccn1. The molecule has 6 rings (SSSR count). The van der Waals surface area contributed by atoms with Crippen molar-refractivity contribution in [3.05, 3.63) is 121 Å². The second-order valence-electron chi connectivity index (χ2n) is 9.36. The second kappa shape index (κ2) is 11.3. The first-order valence-corrected chi connectivity index (χ1v) is 12.5. The summed E-state index contributed by atoms with van der Waals surface area (Å²) in [6, 6.07) is 37.3. The van der Waals surface area contributed by atoms with E-state index < -0.39 is 0 Å². The van der Waals surface area contributed by atoms with Gasteiger partial charge >= 0.3 is 0 Å². The van der Waals surface area contributed by atoms with Gasteiger partial charge in [0.25, 0.3) is 0 Å². The van der Waals surface area contributed by atoms with Gasteiger partial charge in [-0.2, -0.15) is 11.3 Å². The molecule has 0 bridgehead atoms. The van der Waals surface area contributed by atoms with Crippen molar-refractivity contribution in [1.29, 1.82) is 0 Å². The molecule has 0 spiro atoms. The van der Waals surface area contributed by atoms with Crippen molar-refractivity contribution < 1.29 is 20.1 Å². The Bertz CT molecular complexity index is 1530. The van der Waals surface area contributed by atoms with Gasteiger partial charge in [-0.05, 0) is 50.7 Å². The van der Waals surface area contributed by atoms with E-state index in [9.17, 15) is 0 Å². The van der Waals surface area contributed by atoms with E-state index in [2.05, 4.69) is 85.3 Å². The van der Waals surface area contributed by atoms with E-state index in [1.54, 1.807) is 6.20 Å². The summed E-state index contributed by atoms with van der Waals surface area (Å²) in [6.07, 6.45) is 3.70. The zero-order valence-electron chi connectivity index (χ0n) is 20.5. The minimum absolute atomic E-state index is 0. The summed E-state index contributed by atoms with van der Waals surface area (Å²) in [4.78, 5) is 8.84. The van der Waals surface area contributed by atoms with Gasteiger partial charge in [-0.3, -0.25) is 0 Å². The monoisotopic (exact) mass is 663 g/mol. The molecule has 4 heteroatoms. The molecule has 3 heterocycles. The molecule has 0 unspecified atom stereocenters. The fourth-order valence-electron chi connectivity index (χ4n) is 3.99. The van der Waals surface area contributed by atoms with Gasteiger partial charge in [-0.1, -0.05) is 62.6 Å². The summed E-state index contributed by atoms with van der Waals surface area (Å²) >= 11 is 1.83. The van der Waals surface area contributed by atoms with Crippen molar-refractivity contribution in [1.82, 2.24) is 9.97 Å². The maximum absolute atomic E-state index is 4.62. The maximum atomic E-state index is 4.62. The molecule has 0 amide bonds. The Hall–Kier alpha value is -3.17. The molecule has 6 aromatic rings. The van der Waals surface area contributed by atoms with E-state index in [-0.39, 0.29) is 25.5 Å². The summed E-state index contributed by atoms with van der Waals surface area (Å²) in [5.74, 6) is 0. The first-order valence-electron chi connectivity index (χ1n) is 11.7. The summed E-state index contributed by atoms with van der Waals surface area (Å²) in [6.45, 7) is 6.70. The standard InChI is InChI=1S/C21H18NS.C11H8N.Ir/c1-21(2,3)14-11-12-22-18(13-14)17-9-6-8-16-15-7-4-5-10-19(15)23-20(16)17;1-2-6-10(7-3-1)11-8-4-5-9-12-11;/h4-8,10-13H,1-3H3;1-6,8-9H;/q2*-1;. The Balaban J connectivity index is 0.000000198. The van der Waals surface area contributed by atoms with E-state index >= 15 is 0 Å². The molecule has 1 radical (unpaired) electrons. The number of aromatic nitrogens is 2. The van der Waals surface area contributed by atoms with Crippen molar-refractivity contribution in [2.75, 3.05) is 0 Å². The molecule has 2 nitrogen and oxygen atoms in total. The van der Waals surface area contributed by atoms with Gasteiger partial charge in [0, 0.05) is 37.2 Å². The van der Waals surface area contributed by atoms with Gasteiger partial charge in [0.05, 0.1) is 0 Å². The zero-order valence-corrected chi connectivity index (χ0v) is 23.7. The molecule has 0 fully saturated rings. The molecule has 0 aliphatic carbocycles. The molecule has 3 aromatic carbocycles. The van der Waals surface area contributed by atoms with Crippen LogP contribution < -0.4 is 0 Å². The summed E-state index contributed by atoms with van der Waals surface area (Å²) in [5.41, 5.74) is 5.54. The quantitative estimate of drug-likeness (QED) is 0.173. The van der Waals surface area contributed by atoms with Crippen LogP contribution in [-0.2, 0) is 25.5 Å². The van der Waals surface area contributed by atoms with Crippen molar-refractivity contribution in [2.45, 2.75) is 26.2 Å². The molecule has 181 valence electrons. The molecular weight excluding hydrogens is 637 g/mol. The summed E-state index contributed by atoms with van der Waals surface area (Å²) < 4.78 is 2.59. The van der Waals surface area contributed by atoms with Crippen LogP contribution in [0.3, 0.4) is 0 Å². The van der Waals surface area contributed by atoms with E-state index in [1.807, 2.05) is 66.1 Å². The van der Waals surface area contributed by atoms with E-state index in [4.69, 9.17) is 0 Å².